The molecule has 0 amide bonds. The number of nitriles is 1. The van der Waals surface area contributed by atoms with Crippen LogP contribution in [0.2, 0.25) is 0 Å². The molecule has 1 heterocycles. The SMILES string of the molecule is C#CC(C)(C)Nc1nc(C)ccc1C#N. The fourth-order valence-electron chi connectivity index (χ4n) is 1.07. The van der Waals surface area contributed by atoms with Crippen LogP contribution < -0.4 is 5.32 Å². The fourth-order valence-corrected chi connectivity index (χ4v) is 1.07. The average molecular weight is 199 g/mol. The highest BCUT2D eigenvalue weighted by Gasteiger charge is 2.16. The molecule has 1 rings (SSSR count). The Morgan fingerprint density at radius 2 is 2.13 bits per heavy atom. The van der Waals surface area contributed by atoms with Crippen molar-refractivity contribution in [3.05, 3.63) is 23.4 Å². The Morgan fingerprint density at radius 1 is 1.47 bits per heavy atom. The first-order chi connectivity index (χ1) is 6.98. The lowest BCUT2D eigenvalue weighted by Gasteiger charge is -2.21. The number of anilines is 1. The van der Waals surface area contributed by atoms with Crippen molar-refractivity contribution in [1.82, 2.24) is 4.98 Å². The van der Waals surface area contributed by atoms with E-state index in [1.165, 1.54) is 0 Å². The van der Waals surface area contributed by atoms with E-state index in [0.29, 0.717) is 11.4 Å². The topological polar surface area (TPSA) is 48.7 Å². The van der Waals surface area contributed by atoms with Crippen LogP contribution in [-0.4, -0.2) is 10.5 Å². The summed E-state index contributed by atoms with van der Waals surface area (Å²) in [6, 6.07) is 5.61. The fraction of sp³-hybridized carbons (Fsp3) is 0.333. The number of nitrogens with zero attached hydrogens (tertiary/aromatic N) is 2. The van der Waals surface area contributed by atoms with Gasteiger partial charge >= 0.3 is 0 Å². The van der Waals surface area contributed by atoms with Gasteiger partial charge in [0.1, 0.15) is 11.9 Å². The van der Waals surface area contributed by atoms with Crippen LogP contribution >= 0.6 is 0 Å². The largest absolute Gasteiger partial charge is 0.353 e. The van der Waals surface area contributed by atoms with Crippen LogP contribution in [-0.2, 0) is 0 Å². The van der Waals surface area contributed by atoms with Gasteiger partial charge in [-0.2, -0.15) is 5.26 Å². The second-order valence-electron chi connectivity index (χ2n) is 3.85. The smallest absolute Gasteiger partial charge is 0.145 e. The number of hydrogen-bond acceptors (Lipinski definition) is 3. The van der Waals surface area contributed by atoms with Crippen molar-refractivity contribution in [2.75, 3.05) is 5.32 Å². The molecule has 0 aliphatic heterocycles. The summed E-state index contributed by atoms with van der Waals surface area (Å²) in [6.07, 6.45) is 5.36. The lowest BCUT2D eigenvalue weighted by molar-refractivity contribution is 0.734. The molecule has 0 unspecified atom stereocenters. The maximum Gasteiger partial charge on any atom is 0.145 e. The Hall–Kier alpha value is -2.00. The minimum absolute atomic E-state index is 0.504. The molecule has 3 nitrogen and oxygen atoms in total. The van der Waals surface area contributed by atoms with Crippen LogP contribution in [0.25, 0.3) is 0 Å². The summed E-state index contributed by atoms with van der Waals surface area (Å²) in [4.78, 5) is 4.25. The van der Waals surface area contributed by atoms with E-state index < -0.39 is 5.54 Å². The standard InChI is InChI=1S/C12H13N3/c1-5-12(3,4)15-11-10(8-13)7-6-9(2)14-11/h1,6-7H,2-4H3,(H,14,15). The lowest BCUT2D eigenvalue weighted by atomic mass is 10.1. The Bertz CT molecular complexity index is 447. The lowest BCUT2D eigenvalue weighted by Crippen LogP contribution is -2.29. The van der Waals surface area contributed by atoms with Crippen molar-refractivity contribution >= 4 is 5.82 Å². The first-order valence-electron chi connectivity index (χ1n) is 4.62. The van der Waals surface area contributed by atoms with E-state index >= 15 is 0 Å². The van der Waals surface area contributed by atoms with Crippen LogP contribution in [0.1, 0.15) is 25.1 Å². The molecule has 0 bridgehead atoms. The monoisotopic (exact) mass is 199 g/mol. The summed E-state index contributed by atoms with van der Waals surface area (Å²) in [5.74, 6) is 3.14. The van der Waals surface area contributed by atoms with Gasteiger partial charge in [0.05, 0.1) is 11.1 Å². The van der Waals surface area contributed by atoms with Gasteiger partial charge < -0.3 is 5.32 Å². The van der Waals surface area contributed by atoms with Crippen molar-refractivity contribution in [2.45, 2.75) is 26.3 Å². The van der Waals surface area contributed by atoms with E-state index in [9.17, 15) is 0 Å². The van der Waals surface area contributed by atoms with Crippen LogP contribution in [0, 0.1) is 30.6 Å². The molecule has 1 aromatic heterocycles. The van der Waals surface area contributed by atoms with Gasteiger partial charge in [-0.1, -0.05) is 5.92 Å². The first kappa shape index (κ1) is 11.1. The highest BCUT2D eigenvalue weighted by atomic mass is 15.0. The molecule has 0 atom stereocenters. The zero-order valence-corrected chi connectivity index (χ0v) is 9.13. The Kier molecular flexibility index (Phi) is 2.97. The molecule has 0 spiro atoms. The first-order valence-corrected chi connectivity index (χ1v) is 4.62. The quantitative estimate of drug-likeness (QED) is 0.742. The van der Waals surface area contributed by atoms with E-state index in [1.54, 1.807) is 12.1 Å². The summed E-state index contributed by atoms with van der Waals surface area (Å²) in [5, 5.41) is 12.0. The van der Waals surface area contributed by atoms with Crippen molar-refractivity contribution in [3.8, 4) is 18.4 Å². The third-order valence-corrected chi connectivity index (χ3v) is 1.95. The minimum atomic E-state index is -0.508. The van der Waals surface area contributed by atoms with Crippen LogP contribution in [0.4, 0.5) is 5.82 Å². The van der Waals surface area contributed by atoms with Gasteiger partial charge in [-0.05, 0) is 32.9 Å². The number of aromatic nitrogens is 1. The Labute approximate surface area is 90.1 Å². The van der Waals surface area contributed by atoms with E-state index in [0.717, 1.165) is 5.69 Å². The van der Waals surface area contributed by atoms with Crippen molar-refractivity contribution < 1.29 is 0 Å². The molecule has 76 valence electrons. The van der Waals surface area contributed by atoms with Gasteiger partial charge in [0, 0.05) is 5.69 Å². The molecule has 0 aliphatic carbocycles. The number of hydrogen-bond donors (Lipinski definition) is 1. The predicted molar refractivity (Wildman–Crippen MR) is 60.2 cm³/mol. The molecule has 0 aromatic carbocycles. The van der Waals surface area contributed by atoms with E-state index in [2.05, 4.69) is 22.3 Å². The summed E-state index contributed by atoms with van der Waals surface area (Å²) in [7, 11) is 0. The molecule has 0 aliphatic rings. The zero-order valence-electron chi connectivity index (χ0n) is 9.13. The van der Waals surface area contributed by atoms with E-state index in [4.69, 9.17) is 11.7 Å². The van der Waals surface area contributed by atoms with Gasteiger partial charge in [-0.15, -0.1) is 6.42 Å². The Balaban J connectivity index is 3.10. The zero-order chi connectivity index (χ0) is 11.5. The molecule has 15 heavy (non-hydrogen) atoms. The van der Waals surface area contributed by atoms with Crippen molar-refractivity contribution in [2.24, 2.45) is 0 Å². The molecule has 0 saturated carbocycles. The average Bonchev–Trinajstić information content (AvgIpc) is 2.18. The van der Waals surface area contributed by atoms with Gasteiger partial charge in [0.15, 0.2) is 0 Å². The van der Waals surface area contributed by atoms with Gasteiger partial charge in [-0.3, -0.25) is 0 Å². The maximum absolute atomic E-state index is 8.90. The number of nitrogens with one attached hydrogen (secondary N) is 1. The van der Waals surface area contributed by atoms with Gasteiger partial charge in [0.25, 0.3) is 0 Å². The summed E-state index contributed by atoms with van der Waals surface area (Å²) < 4.78 is 0. The highest BCUT2D eigenvalue weighted by Crippen LogP contribution is 2.17. The number of pyridine rings is 1. The summed E-state index contributed by atoms with van der Waals surface area (Å²) >= 11 is 0. The molecule has 0 fully saturated rings. The van der Waals surface area contributed by atoms with Crippen LogP contribution in [0.3, 0.4) is 0 Å². The number of terminal acetylenes is 1. The third-order valence-electron chi connectivity index (χ3n) is 1.95. The molecule has 0 radical (unpaired) electrons. The summed E-state index contributed by atoms with van der Waals surface area (Å²) in [5.41, 5.74) is 0.847. The normalized spacial score (nSPS) is 10.2. The maximum atomic E-state index is 8.90. The molecular formula is C12H13N3. The second-order valence-corrected chi connectivity index (χ2v) is 3.85. The third kappa shape index (κ3) is 2.72. The predicted octanol–water partition coefficient (Wildman–Crippen LogP) is 2.09. The van der Waals surface area contributed by atoms with Gasteiger partial charge in [-0.25, -0.2) is 4.98 Å². The highest BCUT2D eigenvalue weighted by molar-refractivity contribution is 5.54. The van der Waals surface area contributed by atoms with Crippen molar-refractivity contribution in [3.63, 3.8) is 0 Å². The van der Waals surface area contributed by atoms with Crippen LogP contribution in [0.15, 0.2) is 12.1 Å². The minimum Gasteiger partial charge on any atom is -0.353 e. The van der Waals surface area contributed by atoms with Crippen molar-refractivity contribution in [1.29, 1.82) is 5.26 Å². The van der Waals surface area contributed by atoms with Crippen LogP contribution in [0.5, 0.6) is 0 Å². The molecule has 1 N–H and O–H groups in total. The Morgan fingerprint density at radius 3 is 2.67 bits per heavy atom. The number of rotatable bonds is 2. The van der Waals surface area contributed by atoms with Gasteiger partial charge in [0.2, 0.25) is 0 Å². The molecule has 1 aromatic rings. The molecule has 0 saturated heterocycles. The molecule has 3 heteroatoms. The van der Waals surface area contributed by atoms with E-state index in [1.807, 2.05) is 20.8 Å². The van der Waals surface area contributed by atoms with E-state index in [-0.39, 0.29) is 0 Å². The second kappa shape index (κ2) is 4.02. The molecular weight excluding hydrogens is 186 g/mol. The summed E-state index contributed by atoms with van der Waals surface area (Å²) in [6.45, 7) is 5.59. The number of aryl methyl sites for hydroxylation is 1.